The van der Waals surface area contributed by atoms with Crippen molar-refractivity contribution < 1.29 is 39.2 Å². The molecule has 0 spiro atoms. The van der Waals surface area contributed by atoms with Gasteiger partial charge in [-0.2, -0.15) is 0 Å². The number of aliphatic hydroxyl groups is 2. The minimum Gasteiger partial charge on any atom is -0.507 e. The number of rotatable bonds is 4. The number of carbonyl (C=O) groups excluding carboxylic acids is 3. The molecule has 3 unspecified atom stereocenters. The van der Waals surface area contributed by atoms with Crippen LogP contribution >= 0.6 is 0 Å². The number of ether oxygens (including phenoxy) is 2. The van der Waals surface area contributed by atoms with E-state index in [9.17, 15) is 29.7 Å². The van der Waals surface area contributed by atoms with Gasteiger partial charge in [0.2, 0.25) is 5.91 Å². The van der Waals surface area contributed by atoms with E-state index in [1.807, 2.05) is 0 Å². The van der Waals surface area contributed by atoms with Gasteiger partial charge in [0.25, 0.3) is 0 Å². The topological polar surface area (TPSA) is 142 Å². The summed E-state index contributed by atoms with van der Waals surface area (Å²) in [5, 5.41) is 33.0. The Morgan fingerprint density at radius 2 is 1.90 bits per heavy atom. The fourth-order valence-corrected chi connectivity index (χ4v) is 2.87. The molecule has 9 nitrogen and oxygen atoms in total. The Hall–Kier alpha value is -3.17. The van der Waals surface area contributed by atoms with Gasteiger partial charge in [0.1, 0.15) is 35.9 Å². The highest BCUT2D eigenvalue weighted by Crippen LogP contribution is 2.30. The van der Waals surface area contributed by atoms with E-state index in [4.69, 9.17) is 9.47 Å². The molecular weight excluding hydrogens is 406 g/mol. The largest absolute Gasteiger partial charge is 0.507 e. The molecule has 168 valence electrons. The molecule has 0 aliphatic carbocycles. The van der Waals surface area contributed by atoms with Crippen molar-refractivity contribution in [1.82, 2.24) is 5.32 Å². The van der Waals surface area contributed by atoms with Gasteiger partial charge in [-0.05, 0) is 31.1 Å². The molecule has 1 aromatic carbocycles. The molecule has 0 saturated carbocycles. The normalized spacial score (nSPS) is 24.3. The number of fused-ring (bicyclic) bond motifs is 1. The van der Waals surface area contributed by atoms with Gasteiger partial charge in [-0.1, -0.05) is 18.2 Å². The summed E-state index contributed by atoms with van der Waals surface area (Å²) in [6, 6.07) is 2.78. The van der Waals surface area contributed by atoms with E-state index < -0.39 is 30.1 Å². The molecule has 1 aliphatic heterocycles. The highest BCUT2D eigenvalue weighted by atomic mass is 16.5. The molecule has 1 aromatic rings. The summed E-state index contributed by atoms with van der Waals surface area (Å²) in [6.07, 6.45) is 2.13. The van der Waals surface area contributed by atoms with Gasteiger partial charge in [0.05, 0.1) is 12.6 Å². The van der Waals surface area contributed by atoms with Crippen molar-refractivity contribution >= 4 is 23.7 Å². The maximum Gasteiger partial charge on any atom is 0.342 e. The number of aliphatic hydroxyl groups excluding tert-OH is 2. The Morgan fingerprint density at radius 3 is 2.61 bits per heavy atom. The van der Waals surface area contributed by atoms with Crippen LogP contribution in [-0.4, -0.2) is 64.4 Å². The Morgan fingerprint density at radius 1 is 1.19 bits per heavy atom. The quantitative estimate of drug-likeness (QED) is 0.409. The minimum absolute atomic E-state index is 0.0694. The zero-order valence-electron chi connectivity index (χ0n) is 17.4. The summed E-state index contributed by atoms with van der Waals surface area (Å²) in [6.45, 7) is 3.40. The Bertz CT molecular complexity index is 877. The van der Waals surface area contributed by atoms with Gasteiger partial charge in [0.15, 0.2) is 5.78 Å². The predicted molar refractivity (Wildman–Crippen MR) is 112 cm³/mol. The van der Waals surface area contributed by atoms with Crippen LogP contribution in [0.4, 0.5) is 0 Å². The van der Waals surface area contributed by atoms with E-state index in [1.165, 1.54) is 37.3 Å². The third kappa shape index (κ3) is 7.23. The Kier molecular flexibility index (Phi) is 8.77. The van der Waals surface area contributed by atoms with Gasteiger partial charge in [-0.3, -0.25) is 9.59 Å². The van der Waals surface area contributed by atoms with E-state index in [0.29, 0.717) is 0 Å². The van der Waals surface area contributed by atoms with Crippen molar-refractivity contribution in [1.29, 1.82) is 0 Å². The monoisotopic (exact) mass is 433 g/mol. The molecule has 1 heterocycles. The SMILES string of the molecule is CC(=O)NCCOc1cc(O)c2c(c1)/C=C/CC(O)C(O)C(=O)/C=C\CC(C)OC2=O. The lowest BCUT2D eigenvalue weighted by atomic mass is 10.0. The molecule has 0 saturated heterocycles. The zero-order valence-corrected chi connectivity index (χ0v) is 17.4. The minimum atomic E-state index is -1.59. The van der Waals surface area contributed by atoms with Crippen LogP contribution in [0.5, 0.6) is 11.5 Å². The number of hydrogen-bond donors (Lipinski definition) is 4. The fraction of sp³-hybridized carbons (Fsp3) is 0.409. The van der Waals surface area contributed by atoms with E-state index in [0.717, 1.165) is 6.08 Å². The summed E-state index contributed by atoms with van der Waals surface area (Å²) >= 11 is 0. The smallest absolute Gasteiger partial charge is 0.342 e. The number of phenols is 1. The molecule has 1 aliphatic rings. The molecule has 3 atom stereocenters. The molecule has 0 radical (unpaired) electrons. The average Bonchev–Trinajstić information content (AvgIpc) is 2.69. The third-order valence-electron chi connectivity index (χ3n) is 4.46. The molecule has 1 amide bonds. The summed E-state index contributed by atoms with van der Waals surface area (Å²) in [5.41, 5.74) is 0.191. The number of aromatic hydroxyl groups is 1. The number of hydrogen-bond acceptors (Lipinski definition) is 8. The van der Waals surface area contributed by atoms with Gasteiger partial charge in [-0.15, -0.1) is 0 Å². The maximum absolute atomic E-state index is 12.6. The number of esters is 1. The summed E-state index contributed by atoms with van der Waals surface area (Å²) < 4.78 is 10.9. The van der Waals surface area contributed by atoms with Crippen molar-refractivity contribution in [3.05, 3.63) is 41.5 Å². The van der Waals surface area contributed by atoms with Gasteiger partial charge in [0, 0.05) is 19.4 Å². The lowest BCUT2D eigenvalue weighted by Crippen LogP contribution is -2.32. The van der Waals surface area contributed by atoms with Crippen LogP contribution in [0.25, 0.3) is 6.08 Å². The summed E-state index contributed by atoms with van der Waals surface area (Å²) in [7, 11) is 0. The van der Waals surface area contributed by atoms with Crippen molar-refractivity contribution in [2.75, 3.05) is 13.2 Å². The molecule has 4 N–H and O–H groups in total. The first-order valence-corrected chi connectivity index (χ1v) is 9.87. The van der Waals surface area contributed by atoms with E-state index >= 15 is 0 Å². The van der Waals surface area contributed by atoms with Crippen molar-refractivity contribution in [2.45, 2.75) is 45.0 Å². The Labute approximate surface area is 180 Å². The Balaban J connectivity index is 2.33. The lowest BCUT2D eigenvalue weighted by molar-refractivity contribution is -0.127. The number of carbonyl (C=O) groups is 3. The second kappa shape index (κ2) is 11.3. The number of cyclic esters (lactones) is 1. The lowest BCUT2D eigenvalue weighted by Gasteiger charge is -2.17. The zero-order chi connectivity index (χ0) is 23.0. The molecule has 0 fully saturated rings. The molecule has 31 heavy (non-hydrogen) atoms. The highest BCUT2D eigenvalue weighted by molar-refractivity contribution is 5.97. The van der Waals surface area contributed by atoms with Crippen LogP contribution in [0.1, 0.15) is 42.6 Å². The number of benzene rings is 1. The second-order valence-electron chi connectivity index (χ2n) is 7.14. The first kappa shape index (κ1) is 24.1. The number of phenolic OH excluding ortho intramolecular Hbond substituents is 1. The van der Waals surface area contributed by atoms with Crippen molar-refractivity contribution in [3.8, 4) is 11.5 Å². The third-order valence-corrected chi connectivity index (χ3v) is 4.46. The first-order chi connectivity index (χ1) is 14.7. The van der Waals surface area contributed by atoms with E-state index in [-0.39, 0.29) is 54.5 Å². The van der Waals surface area contributed by atoms with Crippen LogP contribution in [0, 0.1) is 0 Å². The van der Waals surface area contributed by atoms with E-state index in [1.54, 1.807) is 6.92 Å². The number of amides is 1. The van der Waals surface area contributed by atoms with Crippen LogP contribution in [0.15, 0.2) is 30.4 Å². The van der Waals surface area contributed by atoms with Crippen molar-refractivity contribution in [3.63, 3.8) is 0 Å². The summed E-state index contributed by atoms with van der Waals surface area (Å²) in [5.74, 6) is -1.71. The van der Waals surface area contributed by atoms with Gasteiger partial charge < -0.3 is 30.1 Å². The second-order valence-corrected chi connectivity index (χ2v) is 7.14. The molecule has 2 rings (SSSR count). The van der Waals surface area contributed by atoms with Gasteiger partial charge >= 0.3 is 5.97 Å². The maximum atomic E-state index is 12.6. The predicted octanol–water partition coefficient (Wildman–Crippen LogP) is 1.11. The van der Waals surface area contributed by atoms with E-state index in [2.05, 4.69) is 5.32 Å². The number of ketones is 1. The van der Waals surface area contributed by atoms with Crippen LogP contribution in [0.2, 0.25) is 0 Å². The first-order valence-electron chi connectivity index (χ1n) is 9.87. The van der Waals surface area contributed by atoms with Crippen LogP contribution in [-0.2, 0) is 14.3 Å². The average molecular weight is 433 g/mol. The number of nitrogens with one attached hydrogen (secondary N) is 1. The summed E-state index contributed by atoms with van der Waals surface area (Å²) in [4.78, 5) is 35.5. The molecule has 0 aromatic heterocycles. The van der Waals surface area contributed by atoms with Crippen LogP contribution < -0.4 is 10.1 Å². The van der Waals surface area contributed by atoms with Crippen LogP contribution in [0.3, 0.4) is 0 Å². The molecule has 0 bridgehead atoms. The highest BCUT2D eigenvalue weighted by Gasteiger charge is 2.23. The van der Waals surface area contributed by atoms with Crippen molar-refractivity contribution in [2.24, 2.45) is 0 Å². The van der Waals surface area contributed by atoms with Gasteiger partial charge in [-0.25, -0.2) is 4.79 Å². The molecule has 9 heteroatoms. The fourth-order valence-electron chi connectivity index (χ4n) is 2.87. The standard InChI is InChI=1S/C22H27NO8/c1-13-5-3-7-17(25)21(28)18(26)8-4-6-15-11-16(30-10-9-23-14(2)24)12-19(27)20(15)22(29)31-13/h3-4,6-7,11-13,18,21,26-28H,5,8-10H2,1-2H3,(H,23,24)/b6-4+,7-3-. The molecular formula is C22H27NO8.